The Hall–Kier alpha value is -3.12. The Morgan fingerprint density at radius 1 is 0.903 bits per heavy atom. The first kappa shape index (κ1) is 22.6. The molecule has 162 valence electrons. The molecule has 0 aliphatic carbocycles. The second-order valence-corrected chi connectivity index (χ2v) is 9.71. The lowest BCUT2D eigenvalue weighted by atomic mass is 9.92. The van der Waals surface area contributed by atoms with Crippen LogP contribution < -0.4 is 4.74 Å². The van der Waals surface area contributed by atoms with Crippen molar-refractivity contribution in [1.29, 1.82) is 0 Å². The topological polar surface area (TPSA) is 69.7 Å². The van der Waals surface area contributed by atoms with Crippen molar-refractivity contribution < 1.29 is 22.7 Å². The van der Waals surface area contributed by atoms with Crippen LogP contribution in [-0.4, -0.2) is 32.9 Å². The van der Waals surface area contributed by atoms with E-state index in [4.69, 9.17) is 9.47 Å². The molecule has 1 unspecified atom stereocenters. The van der Waals surface area contributed by atoms with Crippen molar-refractivity contribution in [2.24, 2.45) is 0 Å². The Kier molecular flexibility index (Phi) is 6.81. The molecule has 3 rings (SSSR count). The fourth-order valence-electron chi connectivity index (χ4n) is 3.51. The molecule has 0 N–H and O–H groups in total. The van der Waals surface area contributed by atoms with Crippen molar-refractivity contribution in [3.8, 4) is 16.9 Å². The molecule has 0 fully saturated rings. The normalized spacial score (nSPS) is 13.3. The monoisotopic (exact) mass is 438 g/mol. The van der Waals surface area contributed by atoms with Gasteiger partial charge < -0.3 is 9.47 Å². The SMILES string of the molecule is CCOC(=O)C(C)(Cc1ccccc1-c1ccccc1)S(=O)(=O)c1ccc(OC)cc1. The Labute approximate surface area is 183 Å². The molecule has 0 saturated heterocycles. The highest BCUT2D eigenvalue weighted by molar-refractivity contribution is 7.93. The van der Waals surface area contributed by atoms with Gasteiger partial charge in [0, 0.05) is 6.42 Å². The number of hydrogen-bond donors (Lipinski definition) is 0. The third-order valence-corrected chi connectivity index (χ3v) is 7.69. The number of rotatable bonds is 8. The third-order valence-electron chi connectivity index (χ3n) is 5.30. The van der Waals surface area contributed by atoms with E-state index in [9.17, 15) is 13.2 Å². The average molecular weight is 439 g/mol. The zero-order valence-corrected chi connectivity index (χ0v) is 18.7. The first-order valence-corrected chi connectivity index (χ1v) is 11.5. The van der Waals surface area contributed by atoms with Crippen LogP contribution in [0, 0.1) is 0 Å². The van der Waals surface area contributed by atoms with Crippen molar-refractivity contribution in [2.75, 3.05) is 13.7 Å². The molecule has 3 aromatic carbocycles. The summed E-state index contributed by atoms with van der Waals surface area (Å²) < 4.78 is 35.9. The van der Waals surface area contributed by atoms with E-state index in [1.807, 2.05) is 54.6 Å². The fourth-order valence-corrected chi connectivity index (χ4v) is 5.15. The summed E-state index contributed by atoms with van der Waals surface area (Å²) in [4.78, 5) is 13.1. The Balaban J connectivity index is 2.11. The minimum absolute atomic E-state index is 0.0226. The van der Waals surface area contributed by atoms with Crippen LogP contribution in [0.25, 0.3) is 11.1 Å². The predicted molar refractivity (Wildman–Crippen MR) is 121 cm³/mol. The van der Waals surface area contributed by atoms with Gasteiger partial charge in [0.15, 0.2) is 14.6 Å². The number of carbonyl (C=O) groups is 1. The lowest BCUT2D eigenvalue weighted by Crippen LogP contribution is -2.47. The highest BCUT2D eigenvalue weighted by Gasteiger charge is 2.49. The van der Waals surface area contributed by atoms with Gasteiger partial charge in [0.1, 0.15) is 5.75 Å². The molecule has 1 atom stereocenters. The van der Waals surface area contributed by atoms with Crippen LogP contribution in [0.4, 0.5) is 0 Å². The molecule has 6 heteroatoms. The second-order valence-electron chi connectivity index (χ2n) is 7.33. The second kappa shape index (κ2) is 9.35. The zero-order valence-electron chi connectivity index (χ0n) is 17.9. The van der Waals surface area contributed by atoms with Crippen LogP contribution in [0.1, 0.15) is 19.4 Å². The van der Waals surface area contributed by atoms with E-state index in [1.165, 1.54) is 26.2 Å². The largest absolute Gasteiger partial charge is 0.497 e. The van der Waals surface area contributed by atoms with E-state index in [0.717, 1.165) is 16.7 Å². The molecule has 5 nitrogen and oxygen atoms in total. The summed E-state index contributed by atoms with van der Waals surface area (Å²) in [5.41, 5.74) is 2.58. The van der Waals surface area contributed by atoms with Gasteiger partial charge in [0.05, 0.1) is 18.6 Å². The van der Waals surface area contributed by atoms with E-state index in [0.29, 0.717) is 5.75 Å². The Bertz CT molecular complexity index is 1140. The minimum Gasteiger partial charge on any atom is -0.497 e. The standard InChI is InChI=1S/C25H26O5S/c1-4-30-24(26)25(2,31(27,28)22-16-14-21(29-3)15-17-22)18-20-12-8-9-13-23(20)19-10-6-5-7-11-19/h5-17H,4,18H2,1-3H3. The van der Waals surface area contributed by atoms with E-state index < -0.39 is 20.6 Å². The molecular weight excluding hydrogens is 412 g/mol. The summed E-state index contributed by atoms with van der Waals surface area (Å²) in [5, 5.41) is 0. The Morgan fingerprint density at radius 2 is 1.52 bits per heavy atom. The number of esters is 1. The molecule has 0 radical (unpaired) electrons. The molecule has 0 saturated carbocycles. The highest BCUT2D eigenvalue weighted by atomic mass is 32.2. The molecule has 31 heavy (non-hydrogen) atoms. The van der Waals surface area contributed by atoms with Crippen LogP contribution in [0.15, 0.2) is 83.8 Å². The van der Waals surface area contributed by atoms with Gasteiger partial charge in [-0.05, 0) is 54.8 Å². The van der Waals surface area contributed by atoms with Crippen molar-refractivity contribution >= 4 is 15.8 Å². The van der Waals surface area contributed by atoms with E-state index in [-0.39, 0.29) is 17.9 Å². The van der Waals surface area contributed by atoms with Gasteiger partial charge in [-0.1, -0.05) is 54.6 Å². The summed E-state index contributed by atoms with van der Waals surface area (Å²) in [6.07, 6.45) is -0.0226. The van der Waals surface area contributed by atoms with Gasteiger partial charge in [0.2, 0.25) is 0 Å². The number of hydrogen-bond acceptors (Lipinski definition) is 5. The minimum atomic E-state index is -4.07. The van der Waals surface area contributed by atoms with Crippen LogP contribution in [-0.2, 0) is 25.8 Å². The molecule has 0 aromatic heterocycles. The van der Waals surface area contributed by atoms with E-state index >= 15 is 0 Å². The van der Waals surface area contributed by atoms with Crippen molar-refractivity contribution in [1.82, 2.24) is 0 Å². The maximum atomic E-state index is 13.7. The number of methoxy groups -OCH3 is 1. The van der Waals surface area contributed by atoms with Crippen LogP contribution in [0.5, 0.6) is 5.75 Å². The van der Waals surface area contributed by atoms with Gasteiger partial charge in [0.25, 0.3) is 0 Å². The molecule has 0 amide bonds. The molecule has 0 heterocycles. The zero-order chi connectivity index (χ0) is 22.5. The maximum absolute atomic E-state index is 13.7. The number of ether oxygens (including phenoxy) is 2. The summed E-state index contributed by atoms with van der Waals surface area (Å²) >= 11 is 0. The number of sulfone groups is 1. The molecule has 0 bridgehead atoms. The van der Waals surface area contributed by atoms with E-state index in [1.54, 1.807) is 19.1 Å². The molecule has 0 spiro atoms. The van der Waals surface area contributed by atoms with Gasteiger partial charge in [-0.2, -0.15) is 0 Å². The predicted octanol–water partition coefficient (Wildman–Crippen LogP) is 4.70. The van der Waals surface area contributed by atoms with Gasteiger partial charge in [-0.15, -0.1) is 0 Å². The van der Waals surface area contributed by atoms with Gasteiger partial charge in [-0.25, -0.2) is 8.42 Å². The molecule has 3 aromatic rings. The summed E-state index contributed by atoms with van der Waals surface area (Å²) in [6.45, 7) is 3.19. The van der Waals surface area contributed by atoms with Crippen molar-refractivity contribution in [2.45, 2.75) is 29.9 Å². The molecular formula is C25H26O5S. The molecule has 0 aliphatic rings. The first-order chi connectivity index (χ1) is 14.8. The lowest BCUT2D eigenvalue weighted by molar-refractivity contribution is -0.145. The number of carbonyl (C=O) groups excluding carboxylic acids is 1. The lowest BCUT2D eigenvalue weighted by Gasteiger charge is -2.28. The van der Waals surface area contributed by atoms with Crippen molar-refractivity contribution in [3.05, 3.63) is 84.4 Å². The first-order valence-electron chi connectivity index (χ1n) is 10.0. The Morgan fingerprint density at radius 3 is 2.13 bits per heavy atom. The molecule has 0 aliphatic heterocycles. The van der Waals surface area contributed by atoms with Gasteiger partial charge >= 0.3 is 5.97 Å². The quantitative estimate of drug-likeness (QED) is 0.477. The maximum Gasteiger partial charge on any atom is 0.327 e. The number of benzene rings is 3. The third kappa shape index (κ3) is 4.49. The summed E-state index contributed by atoms with van der Waals surface area (Å²) in [7, 11) is -2.57. The average Bonchev–Trinajstić information content (AvgIpc) is 2.80. The van der Waals surface area contributed by atoms with Crippen LogP contribution in [0.3, 0.4) is 0 Å². The summed E-state index contributed by atoms with van der Waals surface area (Å²) in [6, 6.07) is 23.2. The smallest absolute Gasteiger partial charge is 0.327 e. The van der Waals surface area contributed by atoms with Crippen LogP contribution >= 0.6 is 0 Å². The summed E-state index contributed by atoms with van der Waals surface area (Å²) in [5.74, 6) is -0.236. The van der Waals surface area contributed by atoms with Gasteiger partial charge in [-0.3, -0.25) is 4.79 Å². The highest BCUT2D eigenvalue weighted by Crippen LogP contribution is 2.35. The van der Waals surface area contributed by atoms with Crippen LogP contribution in [0.2, 0.25) is 0 Å². The van der Waals surface area contributed by atoms with E-state index in [2.05, 4.69) is 0 Å². The fraction of sp³-hybridized carbons (Fsp3) is 0.240. The van der Waals surface area contributed by atoms with Crippen molar-refractivity contribution in [3.63, 3.8) is 0 Å².